The molecule has 0 heterocycles. The summed E-state index contributed by atoms with van der Waals surface area (Å²) in [6.07, 6.45) is 0. The molecule has 4 heteroatoms. The molecule has 3 rings (SSSR count). The van der Waals surface area contributed by atoms with Gasteiger partial charge < -0.3 is 10.5 Å². The Morgan fingerprint density at radius 1 is 0.826 bits per heavy atom. The molecule has 0 saturated carbocycles. The maximum atomic E-state index is 14.0. The fourth-order valence-corrected chi connectivity index (χ4v) is 2.35. The van der Waals surface area contributed by atoms with E-state index in [1.807, 2.05) is 30.3 Å². The molecule has 0 aliphatic rings. The van der Waals surface area contributed by atoms with Gasteiger partial charge in [0.05, 0.1) is 5.56 Å². The van der Waals surface area contributed by atoms with Crippen LogP contribution in [0.1, 0.15) is 5.56 Å². The van der Waals surface area contributed by atoms with Crippen LogP contribution in [0.5, 0.6) is 5.75 Å². The van der Waals surface area contributed by atoms with Crippen LogP contribution >= 0.6 is 0 Å². The second kappa shape index (κ2) is 6.48. The van der Waals surface area contributed by atoms with Crippen molar-refractivity contribution in [2.45, 2.75) is 6.61 Å². The Bertz CT molecular complexity index is 796. The van der Waals surface area contributed by atoms with Crippen LogP contribution in [0.4, 0.5) is 14.5 Å². The third-order valence-electron chi connectivity index (χ3n) is 3.44. The number of hydrogen-bond acceptors (Lipinski definition) is 2. The average Bonchev–Trinajstić information content (AvgIpc) is 2.53. The van der Waals surface area contributed by atoms with Crippen molar-refractivity contribution >= 4 is 5.69 Å². The van der Waals surface area contributed by atoms with E-state index in [1.54, 1.807) is 24.3 Å². The number of anilines is 1. The molecule has 116 valence electrons. The van der Waals surface area contributed by atoms with E-state index in [1.165, 1.54) is 0 Å². The summed E-state index contributed by atoms with van der Waals surface area (Å²) in [5.41, 5.74) is 6.82. The Kier molecular flexibility index (Phi) is 4.24. The predicted octanol–water partition coefficient (Wildman–Crippen LogP) is 4.79. The number of ether oxygens (including phenoxy) is 1. The molecule has 0 spiro atoms. The number of nitrogen functional groups attached to an aromatic ring is 1. The molecule has 0 radical (unpaired) electrons. The summed E-state index contributed by atoms with van der Waals surface area (Å²) in [5, 5.41) is 0. The number of rotatable bonds is 4. The zero-order chi connectivity index (χ0) is 16.2. The Morgan fingerprint density at radius 3 is 2.22 bits per heavy atom. The average molecular weight is 311 g/mol. The highest BCUT2D eigenvalue weighted by molar-refractivity contribution is 5.68. The van der Waals surface area contributed by atoms with Crippen LogP contribution in [0.3, 0.4) is 0 Å². The van der Waals surface area contributed by atoms with Crippen molar-refractivity contribution in [3.8, 4) is 16.9 Å². The second-order valence-electron chi connectivity index (χ2n) is 5.16. The number of hydrogen-bond donors (Lipinski definition) is 1. The number of halogens is 2. The lowest BCUT2D eigenvalue weighted by molar-refractivity contribution is 0.306. The van der Waals surface area contributed by atoms with Gasteiger partial charge in [-0.3, -0.25) is 0 Å². The van der Waals surface area contributed by atoms with Crippen molar-refractivity contribution in [1.29, 1.82) is 0 Å². The normalized spacial score (nSPS) is 10.5. The van der Waals surface area contributed by atoms with Crippen LogP contribution in [0.15, 0.2) is 66.7 Å². The van der Waals surface area contributed by atoms with E-state index in [9.17, 15) is 8.78 Å². The molecule has 0 amide bonds. The van der Waals surface area contributed by atoms with Crippen LogP contribution in [-0.2, 0) is 6.61 Å². The van der Waals surface area contributed by atoms with Gasteiger partial charge in [-0.05, 0) is 35.4 Å². The van der Waals surface area contributed by atoms with E-state index < -0.39 is 11.6 Å². The van der Waals surface area contributed by atoms with Crippen molar-refractivity contribution in [1.82, 2.24) is 0 Å². The number of nitrogens with two attached hydrogens (primary N) is 1. The molecule has 0 unspecified atom stereocenters. The van der Waals surface area contributed by atoms with E-state index >= 15 is 0 Å². The lowest BCUT2D eigenvalue weighted by Gasteiger charge is -2.10. The molecule has 2 N–H and O–H groups in total. The maximum Gasteiger partial charge on any atom is 0.136 e. The van der Waals surface area contributed by atoms with Gasteiger partial charge in [-0.2, -0.15) is 0 Å². The number of benzene rings is 3. The third-order valence-corrected chi connectivity index (χ3v) is 3.44. The lowest BCUT2D eigenvalue weighted by atomic mass is 10.0. The maximum absolute atomic E-state index is 14.0. The smallest absolute Gasteiger partial charge is 0.136 e. The van der Waals surface area contributed by atoms with E-state index in [-0.39, 0.29) is 11.3 Å². The molecule has 3 aromatic rings. The molecule has 2 nitrogen and oxygen atoms in total. The van der Waals surface area contributed by atoms with Crippen LogP contribution in [0.25, 0.3) is 11.1 Å². The van der Waals surface area contributed by atoms with Crippen LogP contribution in [0.2, 0.25) is 0 Å². The molecular formula is C19H15F2NO. The molecule has 23 heavy (non-hydrogen) atoms. The summed E-state index contributed by atoms with van der Waals surface area (Å²) in [6.45, 7) is 0.386. The first-order valence-electron chi connectivity index (χ1n) is 7.15. The molecule has 0 saturated heterocycles. The zero-order valence-corrected chi connectivity index (χ0v) is 12.3. The monoisotopic (exact) mass is 311 g/mol. The molecule has 3 aromatic carbocycles. The summed E-state index contributed by atoms with van der Waals surface area (Å²) in [5.74, 6) is -0.840. The Labute approximate surface area is 133 Å². The summed E-state index contributed by atoms with van der Waals surface area (Å²) in [6, 6.07) is 18.6. The zero-order valence-electron chi connectivity index (χ0n) is 12.3. The highest BCUT2D eigenvalue weighted by Crippen LogP contribution is 2.30. The summed E-state index contributed by atoms with van der Waals surface area (Å²) in [4.78, 5) is 0. The van der Waals surface area contributed by atoms with Gasteiger partial charge in [0.2, 0.25) is 0 Å². The van der Waals surface area contributed by atoms with Crippen LogP contribution in [0, 0.1) is 11.6 Å². The van der Waals surface area contributed by atoms with Gasteiger partial charge >= 0.3 is 0 Å². The molecular weight excluding hydrogens is 296 g/mol. The predicted molar refractivity (Wildman–Crippen MR) is 87.0 cm³/mol. The van der Waals surface area contributed by atoms with Crippen molar-refractivity contribution < 1.29 is 13.5 Å². The van der Waals surface area contributed by atoms with Crippen LogP contribution in [-0.4, -0.2) is 0 Å². The molecule has 0 bridgehead atoms. The molecule has 0 atom stereocenters. The minimum absolute atomic E-state index is 0.0558. The van der Waals surface area contributed by atoms with E-state index in [0.29, 0.717) is 17.9 Å². The quantitative estimate of drug-likeness (QED) is 0.703. The Morgan fingerprint density at radius 2 is 1.52 bits per heavy atom. The van der Waals surface area contributed by atoms with Gasteiger partial charge in [0.15, 0.2) is 0 Å². The Hall–Kier alpha value is -2.88. The fourth-order valence-electron chi connectivity index (χ4n) is 2.35. The van der Waals surface area contributed by atoms with Gasteiger partial charge in [0, 0.05) is 5.69 Å². The van der Waals surface area contributed by atoms with Crippen molar-refractivity contribution in [2.75, 3.05) is 5.73 Å². The van der Waals surface area contributed by atoms with Gasteiger partial charge in [0.1, 0.15) is 24.0 Å². The van der Waals surface area contributed by atoms with E-state index in [0.717, 1.165) is 17.7 Å². The van der Waals surface area contributed by atoms with E-state index in [4.69, 9.17) is 10.5 Å². The topological polar surface area (TPSA) is 35.2 Å². The second-order valence-corrected chi connectivity index (χ2v) is 5.16. The SMILES string of the molecule is Nc1cc(F)c(-c2cccc(OCc3ccccc3)c2)c(F)c1. The molecule has 0 aromatic heterocycles. The highest BCUT2D eigenvalue weighted by Gasteiger charge is 2.13. The first-order chi connectivity index (χ1) is 11.1. The summed E-state index contributed by atoms with van der Waals surface area (Å²) < 4.78 is 33.7. The van der Waals surface area contributed by atoms with E-state index in [2.05, 4.69) is 0 Å². The molecule has 0 aliphatic heterocycles. The molecule has 0 fully saturated rings. The summed E-state index contributed by atoms with van der Waals surface area (Å²) in [7, 11) is 0. The van der Waals surface area contributed by atoms with Gasteiger partial charge in [0.25, 0.3) is 0 Å². The van der Waals surface area contributed by atoms with Crippen molar-refractivity contribution in [3.05, 3.63) is 83.9 Å². The van der Waals surface area contributed by atoms with Gasteiger partial charge in [-0.15, -0.1) is 0 Å². The van der Waals surface area contributed by atoms with Crippen molar-refractivity contribution in [2.24, 2.45) is 0 Å². The fraction of sp³-hybridized carbons (Fsp3) is 0.0526. The minimum atomic E-state index is -0.692. The van der Waals surface area contributed by atoms with Crippen LogP contribution < -0.4 is 10.5 Å². The largest absolute Gasteiger partial charge is 0.489 e. The van der Waals surface area contributed by atoms with Gasteiger partial charge in [-0.25, -0.2) is 8.78 Å². The first kappa shape index (κ1) is 15.0. The Balaban J connectivity index is 1.86. The highest BCUT2D eigenvalue weighted by atomic mass is 19.1. The van der Waals surface area contributed by atoms with Crippen molar-refractivity contribution in [3.63, 3.8) is 0 Å². The van der Waals surface area contributed by atoms with Gasteiger partial charge in [-0.1, -0.05) is 42.5 Å². The lowest BCUT2D eigenvalue weighted by Crippen LogP contribution is -1.97. The summed E-state index contributed by atoms with van der Waals surface area (Å²) >= 11 is 0. The minimum Gasteiger partial charge on any atom is -0.489 e. The standard InChI is InChI=1S/C19H15F2NO/c20-17-10-15(22)11-18(21)19(17)14-7-4-8-16(9-14)23-12-13-5-2-1-3-6-13/h1-11H,12,22H2. The molecule has 0 aliphatic carbocycles. The first-order valence-corrected chi connectivity index (χ1v) is 7.15. The third kappa shape index (κ3) is 3.48.